The van der Waals surface area contributed by atoms with E-state index in [9.17, 15) is 9.59 Å². The SMILES string of the molecule is Cc1cc(C)c(CN2CCc3ccc(O[C@H]4CCOC4)c(Cl)c3C2=O)c(=O)[nH]1. The minimum Gasteiger partial charge on any atom is -0.486 e. The number of ether oxygens (including phenoxy) is 2. The minimum absolute atomic E-state index is 0.0425. The van der Waals surface area contributed by atoms with Gasteiger partial charge >= 0.3 is 0 Å². The summed E-state index contributed by atoms with van der Waals surface area (Å²) in [5.74, 6) is 0.342. The van der Waals surface area contributed by atoms with Gasteiger partial charge in [0.2, 0.25) is 0 Å². The van der Waals surface area contributed by atoms with Crippen molar-refractivity contribution in [3.05, 3.63) is 61.5 Å². The highest BCUT2D eigenvalue weighted by Crippen LogP contribution is 2.35. The van der Waals surface area contributed by atoms with E-state index >= 15 is 0 Å². The van der Waals surface area contributed by atoms with E-state index in [1.54, 1.807) is 4.90 Å². The van der Waals surface area contributed by atoms with Gasteiger partial charge in [0.25, 0.3) is 11.5 Å². The number of benzene rings is 1. The lowest BCUT2D eigenvalue weighted by molar-refractivity contribution is 0.0725. The summed E-state index contributed by atoms with van der Waals surface area (Å²) in [6.45, 7) is 5.75. The lowest BCUT2D eigenvalue weighted by Gasteiger charge is -2.30. The summed E-state index contributed by atoms with van der Waals surface area (Å²) in [6, 6.07) is 5.66. The number of halogens is 1. The van der Waals surface area contributed by atoms with Gasteiger partial charge in [0.05, 0.1) is 30.3 Å². The van der Waals surface area contributed by atoms with Gasteiger partial charge in [-0.1, -0.05) is 17.7 Å². The second-order valence-electron chi connectivity index (χ2n) is 7.44. The number of pyridine rings is 1. The van der Waals surface area contributed by atoms with Crippen LogP contribution in [0.3, 0.4) is 0 Å². The average Bonchev–Trinajstić information content (AvgIpc) is 3.15. The van der Waals surface area contributed by atoms with E-state index in [2.05, 4.69) is 4.98 Å². The molecule has 1 atom stereocenters. The Labute approximate surface area is 168 Å². The number of nitrogens with zero attached hydrogens (tertiary/aromatic N) is 1. The first-order valence-corrected chi connectivity index (χ1v) is 9.86. The molecule has 1 aromatic heterocycles. The normalized spacial score (nSPS) is 19.0. The summed E-state index contributed by atoms with van der Waals surface area (Å²) in [4.78, 5) is 30.0. The van der Waals surface area contributed by atoms with Crippen molar-refractivity contribution in [2.45, 2.75) is 39.3 Å². The van der Waals surface area contributed by atoms with Crippen LogP contribution in [0.5, 0.6) is 5.75 Å². The average molecular weight is 403 g/mol. The predicted octanol–water partition coefficient (Wildman–Crippen LogP) is 3.01. The summed E-state index contributed by atoms with van der Waals surface area (Å²) in [7, 11) is 0. The minimum atomic E-state index is -0.168. The number of aromatic nitrogens is 1. The summed E-state index contributed by atoms with van der Waals surface area (Å²) in [6.07, 6.45) is 1.46. The van der Waals surface area contributed by atoms with Crippen LogP contribution < -0.4 is 10.3 Å². The Balaban J connectivity index is 1.61. The molecule has 6 nitrogen and oxygen atoms in total. The maximum atomic E-state index is 13.2. The number of hydrogen-bond donors (Lipinski definition) is 1. The molecule has 2 aromatic rings. The maximum absolute atomic E-state index is 13.2. The van der Waals surface area contributed by atoms with Crippen LogP contribution in [-0.4, -0.2) is 41.7 Å². The molecule has 148 valence electrons. The van der Waals surface area contributed by atoms with Crippen molar-refractivity contribution in [1.29, 1.82) is 0 Å². The Bertz CT molecular complexity index is 979. The molecule has 0 aliphatic carbocycles. The monoisotopic (exact) mass is 402 g/mol. The van der Waals surface area contributed by atoms with E-state index in [4.69, 9.17) is 21.1 Å². The summed E-state index contributed by atoms with van der Waals surface area (Å²) in [5, 5.41) is 0.341. The molecule has 1 amide bonds. The number of amides is 1. The number of H-pyrrole nitrogens is 1. The number of aryl methyl sites for hydroxylation is 2. The highest BCUT2D eigenvalue weighted by molar-refractivity contribution is 6.35. The first kappa shape index (κ1) is 19.0. The molecule has 2 aliphatic rings. The Kier molecular flexibility index (Phi) is 5.17. The lowest BCUT2D eigenvalue weighted by Crippen LogP contribution is -2.39. The fourth-order valence-electron chi connectivity index (χ4n) is 3.85. The second-order valence-corrected chi connectivity index (χ2v) is 7.81. The second kappa shape index (κ2) is 7.60. The molecule has 4 rings (SSSR count). The van der Waals surface area contributed by atoms with Crippen LogP contribution in [0.15, 0.2) is 23.0 Å². The molecule has 1 fully saturated rings. The first-order valence-electron chi connectivity index (χ1n) is 9.48. The molecule has 1 aromatic carbocycles. The Morgan fingerprint density at radius 3 is 2.86 bits per heavy atom. The molecule has 28 heavy (non-hydrogen) atoms. The van der Waals surface area contributed by atoms with Crippen molar-refractivity contribution in [2.75, 3.05) is 19.8 Å². The van der Waals surface area contributed by atoms with Gasteiger partial charge in [-0.05, 0) is 43.5 Å². The van der Waals surface area contributed by atoms with Gasteiger partial charge in [0, 0.05) is 24.2 Å². The standard InChI is InChI=1S/C21H23ClN2O4/c1-12-9-13(2)23-20(25)16(12)10-24-7-5-14-3-4-17(19(22)18(14)21(24)26)28-15-6-8-27-11-15/h3-4,9,15H,5-8,10-11H2,1-2H3,(H,23,25)/t15-/m0/s1. The molecule has 1 saturated heterocycles. The van der Waals surface area contributed by atoms with Crippen molar-refractivity contribution in [1.82, 2.24) is 9.88 Å². The topological polar surface area (TPSA) is 71.6 Å². The van der Waals surface area contributed by atoms with Crippen LogP contribution in [0.25, 0.3) is 0 Å². The van der Waals surface area contributed by atoms with E-state index in [0.717, 1.165) is 23.2 Å². The summed E-state index contributed by atoms with van der Waals surface area (Å²) in [5.41, 5.74) is 3.53. The van der Waals surface area contributed by atoms with Crippen molar-refractivity contribution >= 4 is 17.5 Å². The Hall–Kier alpha value is -2.31. The van der Waals surface area contributed by atoms with Crippen molar-refractivity contribution in [3.63, 3.8) is 0 Å². The maximum Gasteiger partial charge on any atom is 0.256 e. The van der Waals surface area contributed by atoms with Crippen LogP contribution in [0.4, 0.5) is 0 Å². The molecule has 1 N–H and O–H groups in total. The smallest absolute Gasteiger partial charge is 0.256 e. The number of rotatable bonds is 4. The van der Waals surface area contributed by atoms with E-state index < -0.39 is 0 Å². The van der Waals surface area contributed by atoms with Crippen LogP contribution in [0.1, 0.15) is 39.2 Å². The van der Waals surface area contributed by atoms with Crippen molar-refractivity contribution < 1.29 is 14.3 Å². The van der Waals surface area contributed by atoms with Gasteiger partial charge in [-0.3, -0.25) is 9.59 Å². The number of nitrogens with one attached hydrogen (secondary N) is 1. The molecule has 0 saturated carbocycles. The Morgan fingerprint density at radius 1 is 1.32 bits per heavy atom. The molecule has 7 heteroatoms. The van der Waals surface area contributed by atoms with E-state index in [1.165, 1.54) is 0 Å². The number of fused-ring (bicyclic) bond motifs is 1. The molecule has 0 radical (unpaired) electrons. The third kappa shape index (κ3) is 3.54. The number of hydrogen-bond acceptors (Lipinski definition) is 4. The van der Waals surface area contributed by atoms with Gasteiger partial charge in [-0.2, -0.15) is 0 Å². The van der Waals surface area contributed by atoms with Gasteiger partial charge in [0.15, 0.2) is 0 Å². The molecule has 2 aliphatic heterocycles. The zero-order chi connectivity index (χ0) is 19.8. The zero-order valence-corrected chi connectivity index (χ0v) is 16.8. The molecule has 0 unspecified atom stereocenters. The first-order chi connectivity index (χ1) is 13.4. The van der Waals surface area contributed by atoms with E-state index in [-0.39, 0.29) is 24.1 Å². The molecule has 0 bridgehead atoms. The van der Waals surface area contributed by atoms with Crippen LogP contribution in [-0.2, 0) is 17.7 Å². The predicted molar refractivity (Wildman–Crippen MR) is 106 cm³/mol. The third-order valence-corrected chi connectivity index (χ3v) is 5.74. The molecular weight excluding hydrogens is 380 g/mol. The van der Waals surface area contributed by atoms with Gasteiger partial charge in [-0.25, -0.2) is 0 Å². The van der Waals surface area contributed by atoms with Gasteiger partial charge < -0.3 is 19.4 Å². The van der Waals surface area contributed by atoms with Crippen molar-refractivity contribution in [2.24, 2.45) is 0 Å². The lowest BCUT2D eigenvalue weighted by atomic mass is 9.97. The fourth-order valence-corrected chi connectivity index (χ4v) is 4.16. The van der Waals surface area contributed by atoms with Crippen LogP contribution in [0, 0.1) is 13.8 Å². The van der Waals surface area contributed by atoms with E-state index in [1.807, 2.05) is 32.0 Å². The summed E-state index contributed by atoms with van der Waals surface area (Å²) >= 11 is 6.57. The summed E-state index contributed by atoms with van der Waals surface area (Å²) < 4.78 is 11.3. The van der Waals surface area contributed by atoms with Crippen LogP contribution >= 0.6 is 11.6 Å². The quantitative estimate of drug-likeness (QED) is 0.853. The van der Waals surface area contributed by atoms with Gasteiger partial charge in [-0.15, -0.1) is 0 Å². The van der Waals surface area contributed by atoms with Crippen LogP contribution in [0.2, 0.25) is 5.02 Å². The fraction of sp³-hybridized carbons (Fsp3) is 0.429. The number of aromatic amines is 1. The van der Waals surface area contributed by atoms with Crippen molar-refractivity contribution in [3.8, 4) is 5.75 Å². The zero-order valence-electron chi connectivity index (χ0n) is 16.0. The van der Waals surface area contributed by atoms with E-state index in [0.29, 0.717) is 48.1 Å². The molecule has 3 heterocycles. The van der Waals surface area contributed by atoms with Gasteiger partial charge in [0.1, 0.15) is 11.9 Å². The molecular formula is C21H23ClN2O4. The third-order valence-electron chi connectivity index (χ3n) is 5.37. The highest BCUT2D eigenvalue weighted by atomic mass is 35.5. The highest BCUT2D eigenvalue weighted by Gasteiger charge is 2.30. The largest absolute Gasteiger partial charge is 0.486 e. The number of carbonyl (C=O) groups excluding carboxylic acids is 1. The number of carbonyl (C=O) groups is 1. The molecule has 0 spiro atoms. The Morgan fingerprint density at radius 2 is 2.14 bits per heavy atom.